The Balaban J connectivity index is 1.42. The van der Waals surface area contributed by atoms with E-state index in [2.05, 4.69) is 30.0 Å². The van der Waals surface area contributed by atoms with E-state index in [1.54, 1.807) is 0 Å². The Morgan fingerprint density at radius 3 is 2.52 bits per heavy atom. The Morgan fingerprint density at radius 1 is 1.17 bits per heavy atom. The molecule has 1 aliphatic carbocycles. The van der Waals surface area contributed by atoms with Crippen LogP contribution in [-0.4, -0.2) is 52.6 Å². The van der Waals surface area contributed by atoms with Gasteiger partial charge < -0.3 is 10.5 Å². The first-order valence-corrected chi connectivity index (χ1v) is 11.2. The molecule has 29 heavy (non-hydrogen) atoms. The first kappa shape index (κ1) is 20.9. The summed E-state index contributed by atoms with van der Waals surface area (Å²) in [5.74, 6) is 0.590. The molecule has 4 rings (SSSR count). The van der Waals surface area contributed by atoms with Crippen molar-refractivity contribution in [1.82, 2.24) is 14.7 Å². The van der Waals surface area contributed by atoms with Crippen molar-refractivity contribution in [3.8, 4) is 0 Å². The van der Waals surface area contributed by atoms with E-state index in [-0.39, 0.29) is 6.10 Å². The molecule has 0 spiro atoms. The monoisotopic (exact) mass is 416 g/mol. The lowest BCUT2D eigenvalue weighted by atomic mass is 9.82. The lowest BCUT2D eigenvalue weighted by molar-refractivity contribution is -0.0803. The number of morpholine rings is 1. The van der Waals surface area contributed by atoms with E-state index < -0.39 is 0 Å². The van der Waals surface area contributed by atoms with Gasteiger partial charge in [0.25, 0.3) is 0 Å². The molecule has 1 saturated carbocycles. The maximum absolute atomic E-state index is 6.06. The largest absolute Gasteiger partial charge is 0.374 e. The number of nitrogens with zero attached hydrogens (tertiary/aromatic N) is 3. The average molecular weight is 417 g/mol. The van der Waals surface area contributed by atoms with Crippen LogP contribution in [0.2, 0.25) is 5.02 Å². The van der Waals surface area contributed by atoms with Gasteiger partial charge in [0, 0.05) is 48.9 Å². The number of aryl methyl sites for hydroxylation is 2. The molecule has 2 atom stereocenters. The molecule has 5 nitrogen and oxygen atoms in total. The van der Waals surface area contributed by atoms with E-state index in [1.807, 2.05) is 23.9 Å². The molecular formula is C23H33ClN4O. The van der Waals surface area contributed by atoms with Crippen molar-refractivity contribution in [3.63, 3.8) is 0 Å². The summed E-state index contributed by atoms with van der Waals surface area (Å²) >= 11 is 6.06. The summed E-state index contributed by atoms with van der Waals surface area (Å²) in [6.45, 7) is 4.41. The van der Waals surface area contributed by atoms with Gasteiger partial charge in [0.15, 0.2) is 0 Å². The van der Waals surface area contributed by atoms with Crippen LogP contribution < -0.4 is 5.73 Å². The number of hydrogen-bond acceptors (Lipinski definition) is 4. The van der Waals surface area contributed by atoms with Gasteiger partial charge >= 0.3 is 0 Å². The van der Waals surface area contributed by atoms with Crippen molar-refractivity contribution in [1.29, 1.82) is 0 Å². The average Bonchev–Trinajstić information content (AvgIpc) is 3.08. The van der Waals surface area contributed by atoms with Crippen LogP contribution in [-0.2, 0) is 18.2 Å². The topological polar surface area (TPSA) is 56.3 Å². The Kier molecular flexibility index (Phi) is 6.60. The van der Waals surface area contributed by atoms with Crippen LogP contribution in [0.15, 0.2) is 30.3 Å². The summed E-state index contributed by atoms with van der Waals surface area (Å²) in [5, 5.41) is 5.52. The molecule has 0 unspecified atom stereocenters. The second-order valence-electron chi connectivity index (χ2n) is 8.71. The summed E-state index contributed by atoms with van der Waals surface area (Å²) in [6, 6.07) is 11.5. The first-order chi connectivity index (χ1) is 14.0. The fourth-order valence-electron chi connectivity index (χ4n) is 4.93. The number of rotatable bonds is 5. The van der Waals surface area contributed by atoms with Gasteiger partial charge in [-0.1, -0.05) is 23.7 Å². The molecule has 0 amide bonds. The molecule has 1 aromatic heterocycles. The molecule has 2 heterocycles. The Bertz CT molecular complexity index is 778. The number of nitrogens with two attached hydrogens (primary N) is 1. The quantitative estimate of drug-likeness (QED) is 0.807. The van der Waals surface area contributed by atoms with E-state index in [0.29, 0.717) is 24.5 Å². The highest BCUT2D eigenvalue weighted by molar-refractivity contribution is 6.30. The highest BCUT2D eigenvalue weighted by atomic mass is 35.5. The summed E-state index contributed by atoms with van der Waals surface area (Å²) < 4.78 is 8.06. The van der Waals surface area contributed by atoms with Crippen LogP contribution in [0.1, 0.15) is 48.6 Å². The van der Waals surface area contributed by atoms with Crippen molar-refractivity contribution in [3.05, 3.63) is 52.3 Å². The van der Waals surface area contributed by atoms with E-state index in [1.165, 1.54) is 42.6 Å². The van der Waals surface area contributed by atoms with Gasteiger partial charge in [-0.25, -0.2) is 0 Å². The third kappa shape index (κ3) is 4.85. The molecule has 0 bridgehead atoms. The minimum absolute atomic E-state index is 0.146. The molecule has 1 aromatic carbocycles. The SMILES string of the molecule is Cc1cc(C2CCC(N3C[C@H](CN)OC[C@@H]3Cc3ccc(Cl)cc3)CC2)nn1C. The minimum Gasteiger partial charge on any atom is -0.374 e. The summed E-state index contributed by atoms with van der Waals surface area (Å²) in [4.78, 5) is 2.69. The van der Waals surface area contributed by atoms with Gasteiger partial charge in [-0.15, -0.1) is 0 Å². The van der Waals surface area contributed by atoms with Gasteiger partial charge in [0.05, 0.1) is 18.4 Å². The lowest BCUT2D eigenvalue weighted by Gasteiger charge is -2.46. The van der Waals surface area contributed by atoms with E-state index in [9.17, 15) is 0 Å². The van der Waals surface area contributed by atoms with Gasteiger partial charge in [0.1, 0.15) is 0 Å². The summed E-state index contributed by atoms with van der Waals surface area (Å²) in [7, 11) is 2.03. The number of aromatic nitrogens is 2. The maximum atomic E-state index is 6.06. The zero-order valence-corrected chi connectivity index (χ0v) is 18.3. The van der Waals surface area contributed by atoms with Crippen molar-refractivity contribution < 1.29 is 4.74 Å². The predicted octanol–water partition coefficient (Wildman–Crippen LogP) is 3.68. The molecule has 2 N–H and O–H groups in total. The highest BCUT2D eigenvalue weighted by Crippen LogP contribution is 2.36. The number of hydrogen-bond donors (Lipinski definition) is 1. The van der Waals surface area contributed by atoms with E-state index in [0.717, 1.165) is 24.6 Å². The zero-order valence-electron chi connectivity index (χ0n) is 17.6. The van der Waals surface area contributed by atoms with E-state index >= 15 is 0 Å². The second kappa shape index (κ2) is 9.17. The molecule has 2 fully saturated rings. The molecule has 0 radical (unpaired) electrons. The Hall–Kier alpha value is -1.40. The van der Waals surface area contributed by atoms with Gasteiger partial charge in [-0.3, -0.25) is 9.58 Å². The molecule has 158 valence electrons. The predicted molar refractivity (Wildman–Crippen MR) is 117 cm³/mol. The molecule has 1 saturated heterocycles. The van der Waals surface area contributed by atoms with Crippen LogP contribution in [0.5, 0.6) is 0 Å². The standard InChI is InChI=1S/C23H33ClN4O/c1-16-11-23(26-27(16)2)18-5-9-20(10-6-18)28-14-22(13-25)29-15-21(28)12-17-3-7-19(24)8-4-17/h3-4,7-8,11,18,20-22H,5-6,9-10,12-15,25H2,1-2H3/t18?,20?,21-,22-/m0/s1. The Morgan fingerprint density at radius 2 is 1.90 bits per heavy atom. The fraction of sp³-hybridized carbons (Fsp3) is 0.609. The van der Waals surface area contributed by atoms with Crippen LogP contribution in [0, 0.1) is 6.92 Å². The normalized spacial score (nSPS) is 28.6. The molecule has 1 aliphatic heterocycles. The van der Waals surface area contributed by atoms with Gasteiger partial charge in [-0.2, -0.15) is 5.10 Å². The smallest absolute Gasteiger partial charge is 0.0824 e. The van der Waals surface area contributed by atoms with E-state index in [4.69, 9.17) is 27.2 Å². The molecule has 2 aromatic rings. The highest BCUT2D eigenvalue weighted by Gasteiger charge is 2.36. The zero-order chi connectivity index (χ0) is 20.4. The third-order valence-corrected chi connectivity index (χ3v) is 7.02. The summed E-state index contributed by atoms with van der Waals surface area (Å²) in [5.41, 5.74) is 9.77. The van der Waals surface area contributed by atoms with Crippen molar-refractivity contribution in [2.75, 3.05) is 19.7 Å². The number of ether oxygens (including phenoxy) is 1. The summed E-state index contributed by atoms with van der Waals surface area (Å²) in [6.07, 6.45) is 5.99. The Labute approximate surface area is 179 Å². The maximum Gasteiger partial charge on any atom is 0.0824 e. The van der Waals surface area contributed by atoms with Crippen LogP contribution in [0.4, 0.5) is 0 Å². The molecule has 6 heteroatoms. The van der Waals surface area contributed by atoms with Gasteiger partial charge in [-0.05, 0) is 62.8 Å². The van der Waals surface area contributed by atoms with Crippen LogP contribution in [0.3, 0.4) is 0 Å². The first-order valence-electron chi connectivity index (χ1n) is 10.9. The van der Waals surface area contributed by atoms with Crippen molar-refractivity contribution in [2.24, 2.45) is 12.8 Å². The van der Waals surface area contributed by atoms with Crippen molar-refractivity contribution in [2.45, 2.75) is 63.1 Å². The molecule has 2 aliphatic rings. The van der Waals surface area contributed by atoms with Crippen LogP contribution >= 0.6 is 11.6 Å². The lowest BCUT2D eigenvalue weighted by Crippen LogP contribution is -2.56. The van der Waals surface area contributed by atoms with Crippen molar-refractivity contribution >= 4 is 11.6 Å². The minimum atomic E-state index is 0.146. The molecular weight excluding hydrogens is 384 g/mol. The third-order valence-electron chi connectivity index (χ3n) is 6.77. The number of benzene rings is 1. The van der Waals surface area contributed by atoms with Gasteiger partial charge in [0.2, 0.25) is 0 Å². The van der Waals surface area contributed by atoms with Crippen LogP contribution in [0.25, 0.3) is 0 Å². The second-order valence-corrected chi connectivity index (χ2v) is 9.15. The fourth-order valence-corrected chi connectivity index (χ4v) is 5.06. The number of halogens is 1.